The van der Waals surface area contributed by atoms with Crippen molar-refractivity contribution in [3.05, 3.63) is 29.1 Å². The summed E-state index contributed by atoms with van der Waals surface area (Å²) in [7, 11) is 1.15. The Labute approximate surface area is 124 Å². The Morgan fingerprint density at radius 1 is 1.50 bits per heavy atom. The molecule has 0 radical (unpaired) electrons. The Morgan fingerprint density at radius 2 is 2.23 bits per heavy atom. The fourth-order valence-electron chi connectivity index (χ4n) is 2.87. The number of hydrogen-bond acceptors (Lipinski definition) is 6. The van der Waals surface area contributed by atoms with Gasteiger partial charge in [-0.15, -0.1) is 0 Å². The number of carbonyl (C=O) groups excluding carboxylic acids is 3. The van der Waals surface area contributed by atoms with Crippen molar-refractivity contribution in [2.24, 2.45) is 0 Å². The molecular formula is C14H13FN2O5. The molecule has 1 aromatic rings. The van der Waals surface area contributed by atoms with E-state index in [1.54, 1.807) is 0 Å². The lowest BCUT2D eigenvalue weighted by Crippen LogP contribution is -2.40. The average molecular weight is 308 g/mol. The van der Waals surface area contributed by atoms with Crippen LogP contribution in [0.3, 0.4) is 0 Å². The first-order valence-electron chi connectivity index (χ1n) is 6.59. The number of benzene rings is 1. The maximum atomic E-state index is 13.7. The quantitative estimate of drug-likeness (QED) is 0.638. The summed E-state index contributed by atoms with van der Waals surface area (Å²) in [5, 5.41) is 0. The molecule has 0 aromatic heterocycles. The highest BCUT2D eigenvalue weighted by atomic mass is 19.1. The third-order valence-corrected chi connectivity index (χ3v) is 3.99. The molecule has 2 amide bonds. The van der Waals surface area contributed by atoms with E-state index in [9.17, 15) is 18.8 Å². The molecule has 0 saturated carbocycles. The SMILES string of the molecule is COC(=O)CN1C(=O)OC2(CCc3cc(N)c(F)cc32)C1=O. The minimum Gasteiger partial charge on any atom is -0.468 e. The molecule has 1 unspecified atom stereocenters. The number of nitrogen functional groups attached to an aromatic ring is 1. The van der Waals surface area contributed by atoms with Gasteiger partial charge in [0.2, 0.25) is 5.60 Å². The van der Waals surface area contributed by atoms with Crippen molar-refractivity contribution >= 4 is 23.7 Å². The first-order chi connectivity index (χ1) is 10.4. The third kappa shape index (κ3) is 1.83. The largest absolute Gasteiger partial charge is 0.468 e. The Hall–Kier alpha value is -2.64. The van der Waals surface area contributed by atoms with Gasteiger partial charge in [0.25, 0.3) is 5.91 Å². The van der Waals surface area contributed by atoms with Crippen molar-refractivity contribution in [3.63, 3.8) is 0 Å². The zero-order valence-electron chi connectivity index (χ0n) is 11.7. The molecule has 3 rings (SSSR count). The van der Waals surface area contributed by atoms with Gasteiger partial charge in [0.05, 0.1) is 12.8 Å². The number of ether oxygens (including phenoxy) is 2. The van der Waals surface area contributed by atoms with Crippen LogP contribution in [0.2, 0.25) is 0 Å². The van der Waals surface area contributed by atoms with Crippen molar-refractivity contribution in [3.8, 4) is 0 Å². The van der Waals surface area contributed by atoms with Gasteiger partial charge in [0.15, 0.2) is 0 Å². The van der Waals surface area contributed by atoms with E-state index in [0.29, 0.717) is 16.9 Å². The summed E-state index contributed by atoms with van der Waals surface area (Å²) in [6, 6.07) is 2.55. The minimum absolute atomic E-state index is 0.0287. The second-order valence-corrected chi connectivity index (χ2v) is 5.19. The maximum Gasteiger partial charge on any atom is 0.418 e. The number of carbonyl (C=O) groups is 3. The third-order valence-electron chi connectivity index (χ3n) is 3.99. The number of esters is 1. The first kappa shape index (κ1) is 14.3. The molecule has 1 heterocycles. The van der Waals surface area contributed by atoms with Gasteiger partial charge in [-0.25, -0.2) is 14.1 Å². The monoisotopic (exact) mass is 308 g/mol. The lowest BCUT2D eigenvalue weighted by atomic mass is 9.94. The smallest absolute Gasteiger partial charge is 0.418 e. The molecule has 1 atom stereocenters. The highest BCUT2D eigenvalue weighted by Gasteiger charge is 2.58. The van der Waals surface area contributed by atoms with E-state index in [4.69, 9.17) is 10.5 Å². The lowest BCUT2D eigenvalue weighted by molar-refractivity contribution is -0.146. The fourth-order valence-corrected chi connectivity index (χ4v) is 2.87. The highest BCUT2D eigenvalue weighted by Crippen LogP contribution is 2.46. The van der Waals surface area contributed by atoms with Gasteiger partial charge >= 0.3 is 12.1 Å². The van der Waals surface area contributed by atoms with Gasteiger partial charge in [0.1, 0.15) is 12.4 Å². The molecule has 116 valence electrons. The molecule has 1 aliphatic heterocycles. The number of aryl methyl sites for hydroxylation is 1. The van der Waals surface area contributed by atoms with Crippen molar-refractivity contribution < 1.29 is 28.2 Å². The predicted octanol–water partition coefficient (Wildman–Crippen LogP) is 0.701. The van der Waals surface area contributed by atoms with E-state index < -0.39 is 35.9 Å². The fraction of sp³-hybridized carbons (Fsp3) is 0.357. The number of nitrogens with zero attached hydrogens (tertiary/aromatic N) is 1. The molecule has 7 nitrogen and oxygen atoms in total. The van der Waals surface area contributed by atoms with Crippen molar-refractivity contribution in [2.45, 2.75) is 18.4 Å². The summed E-state index contributed by atoms with van der Waals surface area (Å²) in [6.07, 6.45) is -0.335. The minimum atomic E-state index is -1.57. The standard InChI is InChI=1S/C14H13FN2O5/c1-21-11(18)6-17-12(19)14(22-13(17)20)3-2-7-4-10(16)9(15)5-8(7)14/h4-5H,2-3,6,16H2,1H3. The number of halogens is 1. The molecule has 8 heteroatoms. The number of amides is 2. The van der Waals surface area contributed by atoms with Crippen LogP contribution in [0.25, 0.3) is 0 Å². The van der Waals surface area contributed by atoms with E-state index in [2.05, 4.69) is 4.74 Å². The lowest BCUT2D eigenvalue weighted by Gasteiger charge is -2.20. The van der Waals surface area contributed by atoms with Gasteiger partial charge in [-0.1, -0.05) is 0 Å². The summed E-state index contributed by atoms with van der Waals surface area (Å²) >= 11 is 0. The molecule has 22 heavy (non-hydrogen) atoms. The number of methoxy groups -OCH3 is 1. The topological polar surface area (TPSA) is 98.9 Å². The molecule has 0 bridgehead atoms. The Morgan fingerprint density at radius 3 is 2.91 bits per heavy atom. The first-order valence-corrected chi connectivity index (χ1v) is 6.59. The second-order valence-electron chi connectivity index (χ2n) is 5.19. The number of fused-ring (bicyclic) bond motifs is 2. The van der Waals surface area contributed by atoms with E-state index in [-0.39, 0.29) is 17.7 Å². The summed E-state index contributed by atoms with van der Waals surface area (Å²) in [6.45, 7) is -0.539. The van der Waals surface area contributed by atoms with Gasteiger partial charge < -0.3 is 15.2 Å². The summed E-state index contributed by atoms with van der Waals surface area (Å²) in [5.74, 6) is -2.12. The Kier molecular flexibility index (Phi) is 3.05. The van der Waals surface area contributed by atoms with Crippen molar-refractivity contribution in [1.29, 1.82) is 0 Å². The van der Waals surface area contributed by atoms with Crippen LogP contribution in [0.15, 0.2) is 12.1 Å². The van der Waals surface area contributed by atoms with Crippen LogP contribution < -0.4 is 5.73 Å². The van der Waals surface area contributed by atoms with Crippen LogP contribution in [0.1, 0.15) is 17.5 Å². The molecule has 1 aliphatic carbocycles. The van der Waals surface area contributed by atoms with Gasteiger partial charge in [-0.2, -0.15) is 0 Å². The zero-order chi connectivity index (χ0) is 16.1. The van der Waals surface area contributed by atoms with Gasteiger partial charge in [-0.05, 0) is 24.1 Å². The highest BCUT2D eigenvalue weighted by molar-refractivity contribution is 6.06. The van der Waals surface area contributed by atoms with E-state index in [0.717, 1.165) is 13.2 Å². The van der Waals surface area contributed by atoms with Crippen LogP contribution in [-0.2, 0) is 31.1 Å². The van der Waals surface area contributed by atoms with Gasteiger partial charge in [0, 0.05) is 12.0 Å². The average Bonchev–Trinajstić information content (AvgIpc) is 2.94. The molecule has 1 aromatic carbocycles. The molecular weight excluding hydrogens is 295 g/mol. The number of nitrogens with two attached hydrogens (primary N) is 1. The zero-order valence-corrected chi connectivity index (χ0v) is 11.7. The van der Waals surface area contributed by atoms with E-state index in [1.807, 2.05) is 0 Å². The molecule has 1 fully saturated rings. The van der Waals surface area contributed by atoms with Crippen LogP contribution in [0, 0.1) is 5.82 Å². The van der Waals surface area contributed by atoms with Gasteiger partial charge in [-0.3, -0.25) is 9.59 Å². The molecule has 1 spiro atoms. The predicted molar refractivity (Wildman–Crippen MR) is 71.0 cm³/mol. The van der Waals surface area contributed by atoms with Crippen LogP contribution in [-0.4, -0.2) is 36.5 Å². The van der Waals surface area contributed by atoms with Crippen molar-refractivity contribution in [1.82, 2.24) is 4.90 Å². The maximum absolute atomic E-state index is 13.7. The van der Waals surface area contributed by atoms with Crippen LogP contribution in [0.4, 0.5) is 14.9 Å². The summed E-state index contributed by atoms with van der Waals surface area (Å²) < 4.78 is 23.4. The normalized spacial score (nSPS) is 22.9. The van der Waals surface area contributed by atoms with Crippen LogP contribution >= 0.6 is 0 Å². The molecule has 2 N–H and O–H groups in total. The number of imide groups is 1. The summed E-state index contributed by atoms with van der Waals surface area (Å²) in [5.41, 5.74) is 4.85. The van der Waals surface area contributed by atoms with Crippen molar-refractivity contribution in [2.75, 3.05) is 19.4 Å². The number of rotatable bonds is 2. The van der Waals surface area contributed by atoms with Crippen LogP contribution in [0.5, 0.6) is 0 Å². The Bertz CT molecular complexity index is 705. The second kappa shape index (κ2) is 4.69. The van der Waals surface area contributed by atoms with E-state index >= 15 is 0 Å². The van der Waals surface area contributed by atoms with E-state index in [1.165, 1.54) is 6.07 Å². The molecule has 1 saturated heterocycles. The molecule has 2 aliphatic rings. The number of anilines is 1. The Balaban J connectivity index is 2.01. The summed E-state index contributed by atoms with van der Waals surface area (Å²) in [4.78, 5) is 36.5. The number of hydrogen-bond donors (Lipinski definition) is 1.